The van der Waals surface area contributed by atoms with Gasteiger partial charge in [-0.3, -0.25) is 19.2 Å². The van der Waals surface area contributed by atoms with Gasteiger partial charge in [-0.2, -0.15) is 0 Å². The number of rotatable bonds is 8. The number of thioether (sulfide) groups is 1. The number of carbonyl (C=O) groups is 4. The third-order valence-corrected chi connectivity index (χ3v) is 5.57. The van der Waals surface area contributed by atoms with Crippen molar-refractivity contribution in [3.05, 3.63) is 42.0 Å². The molecular weight excluding hydrogens is 482 g/mol. The average Bonchev–Trinajstić information content (AvgIpc) is 2.78. The summed E-state index contributed by atoms with van der Waals surface area (Å²) in [5.74, 6) is -2.79. The molecule has 1 heterocycles. The van der Waals surface area contributed by atoms with Crippen molar-refractivity contribution in [1.82, 2.24) is 0 Å². The molecule has 1 aromatic rings. The Balaban J connectivity index is 2.41. The fraction of sp³-hybridized carbons (Fsp3) is 0.435. The average molecular weight is 510 g/mol. The summed E-state index contributed by atoms with van der Waals surface area (Å²) < 4.78 is 27.1. The number of esters is 4. The summed E-state index contributed by atoms with van der Waals surface area (Å²) in [6.07, 6.45) is -1.71. The monoisotopic (exact) mass is 509 g/mol. The van der Waals surface area contributed by atoms with Crippen LogP contribution in [-0.2, 0) is 42.9 Å². The highest BCUT2D eigenvalue weighted by molar-refractivity contribution is 8.14. The molecule has 1 saturated heterocycles. The molecule has 0 aliphatic carbocycles. The van der Waals surface area contributed by atoms with Crippen molar-refractivity contribution in [2.24, 2.45) is 5.16 Å². The molecule has 0 radical (unpaired) electrons. The highest BCUT2D eigenvalue weighted by Gasteiger charge is 2.52. The first-order chi connectivity index (χ1) is 16.6. The number of nitrogens with zero attached hydrogens (tertiary/aromatic N) is 1. The van der Waals surface area contributed by atoms with Gasteiger partial charge in [-0.05, 0) is 11.6 Å². The van der Waals surface area contributed by atoms with Crippen LogP contribution in [0.5, 0.6) is 0 Å². The molecule has 35 heavy (non-hydrogen) atoms. The van der Waals surface area contributed by atoms with Gasteiger partial charge in [-0.15, -0.1) is 0 Å². The van der Waals surface area contributed by atoms with Crippen LogP contribution in [0, 0.1) is 0 Å². The molecule has 1 aromatic carbocycles. The van der Waals surface area contributed by atoms with Gasteiger partial charge in [-0.25, -0.2) is 0 Å². The fourth-order valence-electron chi connectivity index (χ4n) is 3.23. The summed E-state index contributed by atoms with van der Waals surface area (Å²) in [5.41, 5.74) is -0.266. The lowest BCUT2D eigenvalue weighted by molar-refractivity contribution is -0.237. The molecule has 0 aromatic heterocycles. The van der Waals surface area contributed by atoms with Crippen molar-refractivity contribution in [2.75, 3.05) is 6.61 Å². The fourth-order valence-corrected chi connectivity index (χ4v) is 4.21. The zero-order valence-electron chi connectivity index (χ0n) is 19.6. The maximum Gasteiger partial charge on any atom is 0.303 e. The molecule has 1 aliphatic heterocycles. The summed E-state index contributed by atoms with van der Waals surface area (Å²) in [5, 5.41) is 12.9. The van der Waals surface area contributed by atoms with Crippen LogP contribution in [0.15, 0.2) is 41.6 Å². The summed E-state index contributed by atoms with van der Waals surface area (Å²) in [6, 6.07) is 9.20. The van der Waals surface area contributed by atoms with Crippen molar-refractivity contribution >= 4 is 46.8 Å². The van der Waals surface area contributed by atoms with E-state index in [0.717, 1.165) is 38.1 Å². The van der Waals surface area contributed by atoms with Gasteiger partial charge in [0, 0.05) is 27.7 Å². The molecule has 0 amide bonds. The molecule has 190 valence electrons. The Kier molecular flexibility index (Phi) is 10.7. The largest absolute Gasteiger partial charge is 0.463 e. The molecular formula is C23H27NO10S. The van der Waals surface area contributed by atoms with Gasteiger partial charge in [0.1, 0.15) is 17.8 Å². The van der Waals surface area contributed by atoms with Crippen molar-refractivity contribution in [1.29, 1.82) is 0 Å². The Hall–Kier alpha value is -3.38. The number of oxime groups is 1. The van der Waals surface area contributed by atoms with E-state index >= 15 is 0 Å². The van der Waals surface area contributed by atoms with E-state index < -0.39 is 53.7 Å². The lowest BCUT2D eigenvalue weighted by Crippen LogP contribution is -2.61. The first kappa shape index (κ1) is 27.9. The number of ether oxygens (including phenoxy) is 5. The van der Waals surface area contributed by atoms with Crippen LogP contribution in [-0.4, -0.2) is 70.6 Å². The van der Waals surface area contributed by atoms with Crippen LogP contribution in [0.4, 0.5) is 0 Å². The minimum atomic E-state index is -1.30. The lowest BCUT2D eigenvalue weighted by Gasteiger charge is -2.44. The Morgan fingerprint density at radius 2 is 1.49 bits per heavy atom. The number of hydrogen-bond acceptors (Lipinski definition) is 12. The molecule has 2 rings (SSSR count). The van der Waals surface area contributed by atoms with Gasteiger partial charge in [-0.1, -0.05) is 53.3 Å². The quantitative estimate of drug-likeness (QED) is 0.137. The normalized spacial score (nSPS) is 24.5. The Morgan fingerprint density at radius 1 is 0.914 bits per heavy atom. The zero-order valence-corrected chi connectivity index (χ0v) is 20.4. The van der Waals surface area contributed by atoms with Crippen LogP contribution in [0.1, 0.15) is 33.3 Å². The predicted octanol–water partition coefficient (Wildman–Crippen LogP) is 2.30. The topological polar surface area (TPSA) is 147 Å². The van der Waals surface area contributed by atoms with Gasteiger partial charge in [0.05, 0.1) is 0 Å². The van der Waals surface area contributed by atoms with E-state index in [2.05, 4.69) is 5.16 Å². The maximum absolute atomic E-state index is 11.9. The number of carbonyl (C=O) groups excluding carboxylic acids is 4. The molecule has 0 saturated carbocycles. The van der Waals surface area contributed by atoms with Crippen molar-refractivity contribution in [2.45, 2.75) is 57.5 Å². The number of hydrogen-bond donors (Lipinski definition) is 1. The lowest BCUT2D eigenvalue weighted by atomic mass is 9.99. The van der Waals surface area contributed by atoms with Gasteiger partial charge < -0.3 is 28.9 Å². The second kappa shape index (κ2) is 13.5. The standard InChI is InChI=1S/C23H27NO10S/c1-13(25)30-12-18-20(31-14(2)26)21(32-15(3)27)22(33-16(4)28)23(34-18)35-19(24-29)11-10-17-8-6-5-7-9-17/h5-11,18,20-23,29H,12H2,1-4H3/b11-10+,24-19-/t18-,20-,21+,22-,23+/m1/s1. The van der Waals surface area contributed by atoms with E-state index in [1.54, 1.807) is 6.08 Å². The van der Waals surface area contributed by atoms with Crippen molar-refractivity contribution < 1.29 is 48.1 Å². The Labute approximate surface area is 206 Å². The second-order valence-electron chi connectivity index (χ2n) is 7.37. The molecule has 11 nitrogen and oxygen atoms in total. The Bertz CT molecular complexity index is 964. The molecule has 1 fully saturated rings. The van der Waals surface area contributed by atoms with Gasteiger partial charge >= 0.3 is 23.9 Å². The maximum atomic E-state index is 11.9. The summed E-state index contributed by atoms with van der Waals surface area (Å²) in [6.45, 7) is 4.26. The predicted molar refractivity (Wildman–Crippen MR) is 124 cm³/mol. The van der Waals surface area contributed by atoms with Crippen LogP contribution in [0.2, 0.25) is 0 Å². The highest BCUT2D eigenvalue weighted by Crippen LogP contribution is 2.35. The summed E-state index contributed by atoms with van der Waals surface area (Å²) in [4.78, 5) is 46.9. The van der Waals surface area contributed by atoms with E-state index in [9.17, 15) is 24.4 Å². The highest BCUT2D eigenvalue weighted by atomic mass is 32.2. The van der Waals surface area contributed by atoms with Gasteiger partial charge in [0.2, 0.25) is 0 Å². The molecule has 1 N–H and O–H groups in total. The van der Waals surface area contributed by atoms with E-state index in [1.165, 1.54) is 13.0 Å². The Morgan fingerprint density at radius 3 is 2.03 bits per heavy atom. The second-order valence-corrected chi connectivity index (χ2v) is 8.49. The summed E-state index contributed by atoms with van der Waals surface area (Å²) in [7, 11) is 0. The van der Waals surface area contributed by atoms with E-state index in [4.69, 9.17) is 23.7 Å². The van der Waals surface area contributed by atoms with Crippen LogP contribution >= 0.6 is 11.8 Å². The third-order valence-electron chi connectivity index (χ3n) is 4.50. The van der Waals surface area contributed by atoms with Crippen molar-refractivity contribution in [3.63, 3.8) is 0 Å². The molecule has 1 aliphatic rings. The van der Waals surface area contributed by atoms with Gasteiger partial charge in [0.25, 0.3) is 0 Å². The first-order valence-electron chi connectivity index (χ1n) is 10.5. The minimum Gasteiger partial charge on any atom is -0.463 e. The molecule has 5 atom stereocenters. The van der Waals surface area contributed by atoms with E-state index in [1.807, 2.05) is 30.3 Å². The first-order valence-corrected chi connectivity index (χ1v) is 11.4. The third kappa shape index (κ3) is 9.06. The zero-order chi connectivity index (χ0) is 26.0. The molecule has 12 heteroatoms. The minimum absolute atomic E-state index is 0.0785. The SMILES string of the molecule is CC(=O)OC[C@H]1O[C@@H](SC(/C=C/c2ccccc2)=N\O)[C@H](OC(C)=O)[C@@H](OC(C)=O)[C@@H]1OC(C)=O. The summed E-state index contributed by atoms with van der Waals surface area (Å²) >= 11 is 0.866. The van der Waals surface area contributed by atoms with Crippen molar-refractivity contribution in [3.8, 4) is 0 Å². The number of benzene rings is 1. The van der Waals surface area contributed by atoms with Gasteiger partial charge in [0.15, 0.2) is 23.7 Å². The van der Waals surface area contributed by atoms with E-state index in [-0.39, 0.29) is 11.7 Å². The molecule has 0 bridgehead atoms. The molecule has 0 spiro atoms. The van der Waals surface area contributed by atoms with Crippen LogP contribution in [0.25, 0.3) is 6.08 Å². The molecule has 0 unspecified atom stereocenters. The smallest absolute Gasteiger partial charge is 0.303 e. The van der Waals surface area contributed by atoms with Crippen LogP contribution < -0.4 is 0 Å². The van der Waals surface area contributed by atoms with Crippen LogP contribution in [0.3, 0.4) is 0 Å². The van der Waals surface area contributed by atoms with E-state index in [0.29, 0.717) is 0 Å².